The number of anilines is 1. The van der Waals surface area contributed by atoms with Crippen LogP contribution in [0, 0.1) is 6.92 Å². The number of sulfonamides is 1. The Balaban J connectivity index is 3.47. The van der Waals surface area contributed by atoms with Gasteiger partial charge in [0.25, 0.3) is 0 Å². The molecule has 0 aliphatic carbocycles. The number of rotatable bonds is 5. The van der Waals surface area contributed by atoms with Gasteiger partial charge in [-0.1, -0.05) is 24.6 Å². The molecule has 0 saturated heterocycles. The molecule has 0 aromatic heterocycles. The van der Waals surface area contributed by atoms with E-state index in [-0.39, 0.29) is 5.91 Å². The van der Waals surface area contributed by atoms with Crippen LogP contribution in [0.5, 0.6) is 0 Å². The van der Waals surface area contributed by atoms with Crippen LogP contribution in [0.15, 0.2) is 18.2 Å². The molecule has 1 atom stereocenters. The summed E-state index contributed by atoms with van der Waals surface area (Å²) in [6.07, 6.45) is 1.44. The summed E-state index contributed by atoms with van der Waals surface area (Å²) in [7, 11) is -2.13. The van der Waals surface area contributed by atoms with Crippen molar-refractivity contribution in [1.29, 1.82) is 0 Å². The molecule has 1 rings (SSSR count). The minimum atomic E-state index is -3.61. The average Bonchev–Trinajstić information content (AvgIpc) is 2.36. The number of carbonyl (C=O) groups excluding carboxylic acids is 1. The van der Waals surface area contributed by atoms with E-state index in [0.717, 1.165) is 16.1 Å². The molecule has 0 fully saturated rings. The first-order valence-electron chi connectivity index (χ1n) is 6.19. The second kappa shape index (κ2) is 6.45. The zero-order valence-corrected chi connectivity index (χ0v) is 13.5. The summed E-state index contributed by atoms with van der Waals surface area (Å²) in [5, 5.41) is 2.92. The largest absolute Gasteiger partial charge is 0.357 e. The van der Waals surface area contributed by atoms with Crippen LogP contribution in [0.4, 0.5) is 5.69 Å². The molecule has 0 spiro atoms. The van der Waals surface area contributed by atoms with Gasteiger partial charge in [-0.25, -0.2) is 8.42 Å². The van der Waals surface area contributed by atoms with E-state index >= 15 is 0 Å². The third-order valence-corrected chi connectivity index (χ3v) is 4.39. The topological polar surface area (TPSA) is 66.5 Å². The second-order valence-electron chi connectivity index (χ2n) is 4.53. The fourth-order valence-electron chi connectivity index (χ4n) is 2.02. The normalized spacial score (nSPS) is 12.8. The Bertz CT molecular complexity index is 602. The third kappa shape index (κ3) is 3.64. The molecule has 1 unspecified atom stereocenters. The lowest BCUT2D eigenvalue weighted by molar-refractivity contribution is -0.121. The van der Waals surface area contributed by atoms with Gasteiger partial charge in [-0.05, 0) is 31.0 Å². The van der Waals surface area contributed by atoms with Gasteiger partial charge in [0.05, 0.1) is 11.9 Å². The maximum Gasteiger partial charge on any atom is 0.243 e. The van der Waals surface area contributed by atoms with Gasteiger partial charge in [-0.15, -0.1) is 0 Å². The number of amides is 1. The number of nitrogens with one attached hydrogen (secondary N) is 1. The summed E-state index contributed by atoms with van der Waals surface area (Å²) < 4.78 is 25.4. The number of aryl methyl sites for hydroxylation is 1. The Morgan fingerprint density at radius 1 is 1.45 bits per heavy atom. The van der Waals surface area contributed by atoms with Crippen molar-refractivity contribution in [2.24, 2.45) is 0 Å². The van der Waals surface area contributed by atoms with Gasteiger partial charge in [-0.2, -0.15) is 0 Å². The van der Waals surface area contributed by atoms with Gasteiger partial charge in [0.15, 0.2) is 0 Å². The average molecular weight is 319 g/mol. The minimum absolute atomic E-state index is 0.350. The first-order valence-corrected chi connectivity index (χ1v) is 8.42. The van der Waals surface area contributed by atoms with Gasteiger partial charge >= 0.3 is 0 Å². The molecule has 7 heteroatoms. The summed E-state index contributed by atoms with van der Waals surface area (Å²) in [4.78, 5) is 12.0. The smallest absolute Gasteiger partial charge is 0.243 e. The molecule has 0 heterocycles. The van der Waals surface area contributed by atoms with E-state index in [0.29, 0.717) is 17.1 Å². The number of benzene rings is 1. The SMILES string of the molecule is CCC(C(=O)NC)N(c1cc(Cl)ccc1C)S(C)(=O)=O. The molecule has 0 bridgehead atoms. The van der Waals surface area contributed by atoms with Gasteiger partial charge in [0.1, 0.15) is 6.04 Å². The zero-order valence-electron chi connectivity index (χ0n) is 12.0. The Morgan fingerprint density at radius 3 is 2.50 bits per heavy atom. The van der Waals surface area contributed by atoms with Crippen LogP contribution >= 0.6 is 11.6 Å². The van der Waals surface area contributed by atoms with Crippen LogP contribution in [-0.4, -0.2) is 33.7 Å². The Morgan fingerprint density at radius 2 is 2.05 bits per heavy atom. The number of nitrogens with zero attached hydrogens (tertiary/aromatic N) is 1. The molecule has 0 saturated carbocycles. The maximum absolute atomic E-state index is 12.1. The monoisotopic (exact) mass is 318 g/mol. The summed E-state index contributed by atoms with van der Waals surface area (Å²) in [5.74, 6) is -0.350. The predicted molar refractivity (Wildman–Crippen MR) is 81.7 cm³/mol. The molecule has 5 nitrogen and oxygen atoms in total. The van der Waals surface area contributed by atoms with Crippen LogP contribution in [0.1, 0.15) is 18.9 Å². The highest BCUT2D eigenvalue weighted by molar-refractivity contribution is 7.92. The quantitative estimate of drug-likeness (QED) is 0.902. The fraction of sp³-hybridized carbons (Fsp3) is 0.462. The van der Waals surface area contributed by atoms with Crippen molar-refractivity contribution in [2.75, 3.05) is 17.6 Å². The van der Waals surface area contributed by atoms with Crippen LogP contribution in [0.2, 0.25) is 5.02 Å². The molecule has 20 heavy (non-hydrogen) atoms. The van der Waals surface area contributed by atoms with E-state index in [2.05, 4.69) is 5.32 Å². The molecule has 0 aliphatic rings. The fourth-order valence-corrected chi connectivity index (χ4v) is 3.45. The maximum atomic E-state index is 12.1. The second-order valence-corrected chi connectivity index (χ2v) is 6.82. The number of hydrogen-bond donors (Lipinski definition) is 1. The Kier molecular flexibility index (Phi) is 5.42. The van der Waals surface area contributed by atoms with Crippen molar-refractivity contribution < 1.29 is 13.2 Å². The summed E-state index contributed by atoms with van der Waals surface area (Å²) >= 11 is 5.95. The summed E-state index contributed by atoms with van der Waals surface area (Å²) in [6, 6.07) is 4.17. The van der Waals surface area contributed by atoms with Crippen molar-refractivity contribution in [3.8, 4) is 0 Å². The molecule has 1 amide bonds. The minimum Gasteiger partial charge on any atom is -0.357 e. The van der Waals surface area contributed by atoms with Crippen molar-refractivity contribution in [3.05, 3.63) is 28.8 Å². The van der Waals surface area contributed by atoms with E-state index < -0.39 is 16.1 Å². The van der Waals surface area contributed by atoms with Crippen molar-refractivity contribution in [3.63, 3.8) is 0 Å². The molecular weight excluding hydrogens is 300 g/mol. The van der Waals surface area contributed by atoms with Crippen molar-refractivity contribution >= 4 is 33.2 Å². The van der Waals surface area contributed by atoms with Gasteiger partial charge in [0.2, 0.25) is 15.9 Å². The first-order chi connectivity index (χ1) is 9.22. The van der Waals surface area contributed by atoms with Crippen LogP contribution in [-0.2, 0) is 14.8 Å². The standard InChI is InChI=1S/C13H19ClN2O3S/c1-5-11(13(17)15-3)16(20(4,18)19)12-8-10(14)7-6-9(12)2/h6-8,11H,5H2,1-4H3,(H,15,17). The molecule has 1 N–H and O–H groups in total. The Hall–Kier alpha value is -1.27. The highest BCUT2D eigenvalue weighted by Gasteiger charge is 2.31. The van der Waals surface area contributed by atoms with E-state index in [1.807, 2.05) is 0 Å². The molecule has 1 aromatic carbocycles. The van der Waals surface area contributed by atoms with E-state index in [1.165, 1.54) is 7.05 Å². The summed E-state index contributed by atoms with van der Waals surface area (Å²) in [6.45, 7) is 3.54. The molecule has 0 aliphatic heterocycles. The number of halogens is 1. The number of carbonyl (C=O) groups is 1. The zero-order chi connectivity index (χ0) is 15.5. The van der Waals surface area contributed by atoms with Crippen LogP contribution < -0.4 is 9.62 Å². The molecule has 0 radical (unpaired) electrons. The summed E-state index contributed by atoms with van der Waals surface area (Å²) in [5.41, 5.74) is 1.16. The molecule has 112 valence electrons. The lowest BCUT2D eigenvalue weighted by Crippen LogP contribution is -2.48. The molecular formula is C13H19ClN2O3S. The van der Waals surface area contributed by atoms with Gasteiger partial charge < -0.3 is 5.32 Å². The first kappa shape index (κ1) is 16.8. The van der Waals surface area contributed by atoms with Crippen LogP contribution in [0.3, 0.4) is 0 Å². The van der Waals surface area contributed by atoms with Crippen molar-refractivity contribution in [1.82, 2.24) is 5.32 Å². The van der Waals surface area contributed by atoms with E-state index in [9.17, 15) is 13.2 Å². The van der Waals surface area contributed by atoms with E-state index in [4.69, 9.17) is 11.6 Å². The lowest BCUT2D eigenvalue weighted by Gasteiger charge is -2.31. The van der Waals surface area contributed by atoms with E-state index in [1.54, 1.807) is 32.0 Å². The van der Waals surface area contributed by atoms with Crippen molar-refractivity contribution in [2.45, 2.75) is 26.3 Å². The third-order valence-electron chi connectivity index (χ3n) is 2.98. The molecule has 1 aromatic rings. The Labute approximate surface area is 125 Å². The van der Waals surface area contributed by atoms with Gasteiger partial charge in [0, 0.05) is 12.1 Å². The number of likely N-dealkylation sites (N-methyl/N-ethyl adjacent to an activating group) is 1. The lowest BCUT2D eigenvalue weighted by atomic mass is 10.1. The predicted octanol–water partition coefficient (Wildman–Crippen LogP) is 1.94. The highest BCUT2D eigenvalue weighted by atomic mass is 35.5. The van der Waals surface area contributed by atoms with Crippen LogP contribution in [0.25, 0.3) is 0 Å². The van der Waals surface area contributed by atoms with Gasteiger partial charge in [-0.3, -0.25) is 9.10 Å². The highest BCUT2D eigenvalue weighted by Crippen LogP contribution is 2.29. The number of hydrogen-bond acceptors (Lipinski definition) is 3.